The van der Waals surface area contributed by atoms with Gasteiger partial charge < -0.3 is 14.8 Å². The molecule has 0 bridgehead atoms. The molecule has 8 heteroatoms. The highest BCUT2D eigenvalue weighted by Gasteiger charge is 2.12. The molecule has 0 amide bonds. The summed E-state index contributed by atoms with van der Waals surface area (Å²) in [7, 11) is 3.21. The van der Waals surface area contributed by atoms with E-state index in [4.69, 9.17) is 9.47 Å². The van der Waals surface area contributed by atoms with Gasteiger partial charge in [-0.3, -0.25) is 0 Å². The largest absolute Gasteiger partial charge is 0.493 e. The molecule has 3 aromatic carbocycles. The molecule has 5 aromatic rings. The van der Waals surface area contributed by atoms with Gasteiger partial charge in [-0.1, -0.05) is 35.0 Å². The van der Waals surface area contributed by atoms with Gasteiger partial charge in [0.15, 0.2) is 11.5 Å². The summed E-state index contributed by atoms with van der Waals surface area (Å²) in [5.74, 6) is 1.90. The molecular weight excluding hydrogens is 416 g/mol. The van der Waals surface area contributed by atoms with Crippen molar-refractivity contribution in [3.8, 4) is 28.4 Å². The number of aryl methyl sites for hydroxylation is 1. The maximum atomic E-state index is 5.45. The van der Waals surface area contributed by atoms with E-state index in [-0.39, 0.29) is 0 Å². The number of hydrogen-bond acceptors (Lipinski definition) is 7. The number of ether oxygens (including phenoxy) is 2. The van der Waals surface area contributed by atoms with Crippen LogP contribution in [-0.2, 0) is 0 Å². The molecule has 0 aliphatic heterocycles. The van der Waals surface area contributed by atoms with Crippen LogP contribution in [0.4, 0.5) is 11.5 Å². The number of nitrogens with zero attached hydrogens (tertiary/aromatic N) is 5. The first-order chi connectivity index (χ1) is 16.1. The van der Waals surface area contributed by atoms with Crippen LogP contribution in [0.15, 0.2) is 73.2 Å². The Balaban J connectivity index is 1.47. The highest BCUT2D eigenvalue weighted by atomic mass is 16.5. The predicted molar refractivity (Wildman–Crippen MR) is 127 cm³/mol. The second-order valence-electron chi connectivity index (χ2n) is 7.54. The Morgan fingerprint density at radius 3 is 2.52 bits per heavy atom. The summed E-state index contributed by atoms with van der Waals surface area (Å²) in [6.07, 6.45) is 3.44. The van der Waals surface area contributed by atoms with Crippen molar-refractivity contribution in [2.45, 2.75) is 6.92 Å². The first-order valence-corrected chi connectivity index (χ1v) is 10.4. The lowest BCUT2D eigenvalue weighted by molar-refractivity contribution is 0.356. The maximum Gasteiger partial charge on any atom is 0.162 e. The zero-order valence-electron chi connectivity index (χ0n) is 18.5. The number of anilines is 2. The summed E-state index contributed by atoms with van der Waals surface area (Å²) >= 11 is 0. The van der Waals surface area contributed by atoms with Gasteiger partial charge in [0.1, 0.15) is 17.8 Å². The number of rotatable bonds is 6. The Hall–Kier alpha value is -4.46. The Morgan fingerprint density at radius 2 is 1.70 bits per heavy atom. The van der Waals surface area contributed by atoms with E-state index in [1.165, 1.54) is 11.9 Å². The Bertz CT molecular complexity index is 1450. The highest BCUT2D eigenvalue weighted by Crippen LogP contribution is 2.34. The molecule has 5 rings (SSSR count). The van der Waals surface area contributed by atoms with Gasteiger partial charge in [-0.2, -0.15) is 0 Å². The highest BCUT2D eigenvalue weighted by molar-refractivity contribution is 5.93. The summed E-state index contributed by atoms with van der Waals surface area (Å²) in [6.45, 7) is 2.06. The van der Waals surface area contributed by atoms with Crippen molar-refractivity contribution < 1.29 is 9.47 Å². The molecule has 0 saturated carbocycles. The van der Waals surface area contributed by atoms with Gasteiger partial charge in [0, 0.05) is 22.7 Å². The first-order valence-electron chi connectivity index (χ1n) is 10.4. The molecule has 8 nitrogen and oxygen atoms in total. The molecule has 2 aromatic heterocycles. The van der Waals surface area contributed by atoms with E-state index < -0.39 is 0 Å². The molecule has 0 unspecified atom stereocenters. The molecule has 33 heavy (non-hydrogen) atoms. The zero-order valence-corrected chi connectivity index (χ0v) is 18.5. The second kappa shape index (κ2) is 8.58. The molecule has 0 fully saturated rings. The minimum absolute atomic E-state index is 0.614. The average Bonchev–Trinajstić information content (AvgIpc) is 3.34. The predicted octanol–water partition coefficient (Wildman–Crippen LogP) is 4.95. The van der Waals surface area contributed by atoms with E-state index in [1.54, 1.807) is 18.9 Å². The molecule has 164 valence electrons. The van der Waals surface area contributed by atoms with Crippen LogP contribution >= 0.6 is 0 Å². The van der Waals surface area contributed by atoms with Crippen molar-refractivity contribution >= 4 is 22.4 Å². The standard InChI is InChI=1S/C25H22N6O2/c1-16-6-4-7-17(10-16)22-14-31(30-29-22)19-9-5-8-18(11-19)28-25-20-12-23(32-2)24(33-3)13-21(20)26-15-27-25/h4-15H,1-3H3,(H,26,27,28). The van der Waals surface area contributed by atoms with Gasteiger partial charge in [-0.05, 0) is 37.3 Å². The maximum absolute atomic E-state index is 5.45. The van der Waals surface area contributed by atoms with Gasteiger partial charge in [-0.25, -0.2) is 14.6 Å². The third-order valence-electron chi connectivity index (χ3n) is 5.32. The van der Waals surface area contributed by atoms with Gasteiger partial charge in [-0.15, -0.1) is 5.10 Å². The molecule has 0 spiro atoms. The van der Waals surface area contributed by atoms with Crippen LogP contribution in [0.2, 0.25) is 0 Å². The lowest BCUT2D eigenvalue weighted by Gasteiger charge is -2.12. The summed E-state index contributed by atoms with van der Waals surface area (Å²) in [5.41, 5.74) is 5.52. The molecule has 1 N–H and O–H groups in total. The van der Waals surface area contributed by atoms with Crippen LogP contribution in [-0.4, -0.2) is 39.2 Å². The number of nitrogens with one attached hydrogen (secondary N) is 1. The monoisotopic (exact) mass is 438 g/mol. The lowest BCUT2D eigenvalue weighted by Crippen LogP contribution is -2.00. The molecular formula is C25H22N6O2. The van der Waals surface area contributed by atoms with Crippen LogP contribution in [0.5, 0.6) is 11.5 Å². The van der Waals surface area contributed by atoms with E-state index in [0.717, 1.165) is 33.5 Å². The van der Waals surface area contributed by atoms with Crippen molar-refractivity contribution in [3.05, 3.63) is 78.8 Å². The van der Waals surface area contributed by atoms with Crippen molar-refractivity contribution in [1.82, 2.24) is 25.0 Å². The van der Waals surface area contributed by atoms with Crippen molar-refractivity contribution in [2.75, 3.05) is 19.5 Å². The number of aromatic nitrogens is 5. The molecule has 0 atom stereocenters. The molecule has 0 saturated heterocycles. The quantitative estimate of drug-likeness (QED) is 0.401. The fourth-order valence-corrected chi connectivity index (χ4v) is 3.67. The lowest BCUT2D eigenvalue weighted by atomic mass is 10.1. The topological polar surface area (TPSA) is 87.0 Å². The van der Waals surface area contributed by atoms with Gasteiger partial charge in [0.05, 0.1) is 31.6 Å². The van der Waals surface area contributed by atoms with Gasteiger partial charge >= 0.3 is 0 Å². The van der Waals surface area contributed by atoms with Crippen molar-refractivity contribution in [1.29, 1.82) is 0 Å². The fraction of sp³-hybridized carbons (Fsp3) is 0.120. The minimum Gasteiger partial charge on any atom is -0.493 e. The third kappa shape index (κ3) is 4.06. The third-order valence-corrected chi connectivity index (χ3v) is 5.32. The summed E-state index contributed by atoms with van der Waals surface area (Å²) < 4.78 is 12.6. The van der Waals surface area contributed by atoms with Crippen LogP contribution in [0.3, 0.4) is 0 Å². The summed E-state index contributed by atoms with van der Waals surface area (Å²) in [6, 6.07) is 19.8. The Morgan fingerprint density at radius 1 is 0.879 bits per heavy atom. The molecule has 0 aliphatic rings. The zero-order chi connectivity index (χ0) is 22.8. The Labute approximate surface area is 190 Å². The smallest absolute Gasteiger partial charge is 0.162 e. The Kier molecular flexibility index (Phi) is 5.32. The average molecular weight is 438 g/mol. The van der Waals surface area contributed by atoms with Crippen molar-refractivity contribution in [3.63, 3.8) is 0 Å². The van der Waals surface area contributed by atoms with Crippen LogP contribution in [0.1, 0.15) is 5.56 Å². The molecule has 2 heterocycles. The van der Waals surface area contributed by atoms with Crippen LogP contribution in [0.25, 0.3) is 27.8 Å². The fourth-order valence-electron chi connectivity index (χ4n) is 3.67. The number of methoxy groups -OCH3 is 2. The van der Waals surface area contributed by atoms with E-state index in [0.29, 0.717) is 17.3 Å². The number of fused-ring (bicyclic) bond motifs is 1. The number of benzene rings is 3. The molecule has 0 radical (unpaired) electrons. The van der Waals surface area contributed by atoms with Crippen LogP contribution < -0.4 is 14.8 Å². The van der Waals surface area contributed by atoms with Crippen molar-refractivity contribution in [2.24, 2.45) is 0 Å². The number of hydrogen-bond donors (Lipinski definition) is 1. The van der Waals surface area contributed by atoms with E-state index in [9.17, 15) is 0 Å². The van der Waals surface area contributed by atoms with Gasteiger partial charge in [0.25, 0.3) is 0 Å². The SMILES string of the molecule is COc1cc2ncnc(Nc3cccc(-n4cc(-c5cccc(C)c5)nn4)c3)c2cc1OC. The van der Waals surface area contributed by atoms with Gasteiger partial charge in [0.2, 0.25) is 0 Å². The second-order valence-corrected chi connectivity index (χ2v) is 7.54. The minimum atomic E-state index is 0.614. The van der Waals surface area contributed by atoms with E-state index >= 15 is 0 Å². The van der Waals surface area contributed by atoms with Crippen LogP contribution in [0, 0.1) is 6.92 Å². The first kappa shape index (κ1) is 20.4. The summed E-state index contributed by atoms with van der Waals surface area (Å²) in [4.78, 5) is 8.80. The van der Waals surface area contributed by atoms with E-state index in [1.807, 2.05) is 54.7 Å². The normalized spacial score (nSPS) is 10.9. The van der Waals surface area contributed by atoms with E-state index in [2.05, 4.69) is 44.7 Å². The summed E-state index contributed by atoms with van der Waals surface area (Å²) in [5, 5.41) is 12.9. The molecule has 0 aliphatic carbocycles.